The molecule has 0 radical (unpaired) electrons. The SMILES string of the molecule is COC(=O)C1C(=O)N(C)CC1COc1ccccc1-c1ccc(CCN)cc1.Cl. The fraction of sp³-hybridized carbons (Fsp3) is 0.364. The van der Waals surface area contributed by atoms with Gasteiger partial charge in [-0.3, -0.25) is 9.59 Å². The van der Waals surface area contributed by atoms with Crippen LogP contribution in [0.1, 0.15) is 5.56 Å². The second-order valence-corrected chi connectivity index (χ2v) is 7.02. The minimum Gasteiger partial charge on any atom is -0.493 e. The van der Waals surface area contributed by atoms with E-state index in [0.29, 0.717) is 13.1 Å². The summed E-state index contributed by atoms with van der Waals surface area (Å²) in [6.45, 7) is 1.35. The van der Waals surface area contributed by atoms with Gasteiger partial charge in [-0.15, -0.1) is 12.4 Å². The Hall–Kier alpha value is -2.57. The third-order valence-electron chi connectivity index (χ3n) is 5.12. The van der Waals surface area contributed by atoms with E-state index in [4.69, 9.17) is 15.2 Å². The molecule has 0 bridgehead atoms. The summed E-state index contributed by atoms with van der Waals surface area (Å²) in [5, 5.41) is 0. The number of amides is 1. The smallest absolute Gasteiger partial charge is 0.318 e. The number of carbonyl (C=O) groups excluding carboxylic acids is 2. The summed E-state index contributed by atoms with van der Waals surface area (Å²) < 4.78 is 10.9. The molecule has 2 aromatic carbocycles. The normalized spacial score (nSPS) is 18.3. The van der Waals surface area contributed by atoms with Gasteiger partial charge in [0.05, 0.1) is 13.7 Å². The van der Waals surface area contributed by atoms with Crippen LogP contribution in [0.15, 0.2) is 48.5 Å². The van der Waals surface area contributed by atoms with E-state index in [1.807, 2.05) is 24.3 Å². The van der Waals surface area contributed by atoms with Gasteiger partial charge in [0.2, 0.25) is 5.91 Å². The molecule has 1 aliphatic heterocycles. The van der Waals surface area contributed by atoms with Crippen LogP contribution in [0.25, 0.3) is 11.1 Å². The highest BCUT2D eigenvalue weighted by Crippen LogP contribution is 2.32. The maximum absolute atomic E-state index is 12.3. The van der Waals surface area contributed by atoms with Gasteiger partial charge in [0.1, 0.15) is 11.7 Å². The van der Waals surface area contributed by atoms with Gasteiger partial charge in [0.15, 0.2) is 0 Å². The molecule has 2 N–H and O–H groups in total. The number of esters is 1. The van der Waals surface area contributed by atoms with Crippen LogP contribution >= 0.6 is 12.4 Å². The second-order valence-electron chi connectivity index (χ2n) is 7.02. The van der Waals surface area contributed by atoms with E-state index >= 15 is 0 Å². The molecular formula is C22H27ClN2O4. The Labute approximate surface area is 177 Å². The molecule has 0 aliphatic carbocycles. The molecule has 1 aliphatic rings. The lowest BCUT2D eigenvalue weighted by Gasteiger charge is -2.17. The van der Waals surface area contributed by atoms with Gasteiger partial charge < -0.3 is 20.1 Å². The van der Waals surface area contributed by atoms with Crippen molar-refractivity contribution in [1.82, 2.24) is 4.90 Å². The fourth-order valence-electron chi connectivity index (χ4n) is 3.60. The Morgan fingerprint density at radius 2 is 1.86 bits per heavy atom. The first kappa shape index (κ1) is 22.7. The van der Waals surface area contributed by atoms with Gasteiger partial charge in [-0.2, -0.15) is 0 Å². The zero-order valence-electron chi connectivity index (χ0n) is 16.7. The molecule has 2 aromatic rings. The first-order valence-electron chi connectivity index (χ1n) is 9.39. The Morgan fingerprint density at radius 3 is 2.52 bits per heavy atom. The van der Waals surface area contributed by atoms with E-state index in [-0.39, 0.29) is 30.8 Å². The average molecular weight is 419 g/mol. The highest BCUT2D eigenvalue weighted by Gasteiger charge is 2.44. The molecule has 2 atom stereocenters. The zero-order chi connectivity index (χ0) is 20.1. The Morgan fingerprint density at radius 1 is 1.17 bits per heavy atom. The van der Waals surface area contributed by atoms with Crippen LogP contribution in [0.4, 0.5) is 0 Å². The van der Waals surface area contributed by atoms with Gasteiger partial charge in [0, 0.05) is 25.1 Å². The lowest BCUT2D eigenvalue weighted by molar-refractivity contribution is -0.151. The van der Waals surface area contributed by atoms with E-state index in [2.05, 4.69) is 24.3 Å². The maximum Gasteiger partial charge on any atom is 0.318 e. The number of hydrogen-bond acceptors (Lipinski definition) is 5. The number of halogens is 1. The van der Waals surface area contributed by atoms with E-state index in [1.54, 1.807) is 11.9 Å². The number of para-hydroxylation sites is 1. The molecule has 1 amide bonds. The van der Waals surface area contributed by atoms with Crippen LogP contribution in [0.2, 0.25) is 0 Å². The van der Waals surface area contributed by atoms with E-state index < -0.39 is 11.9 Å². The third-order valence-corrected chi connectivity index (χ3v) is 5.12. The van der Waals surface area contributed by atoms with E-state index in [9.17, 15) is 9.59 Å². The molecule has 0 aromatic heterocycles. The number of nitrogens with zero attached hydrogens (tertiary/aromatic N) is 1. The minimum absolute atomic E-state index is 0. The van der Waals surface area contributed by atoms with Gasteiger partial charge in [0.25, 0.3) is 0 Å². The number of likely N-dealkylation sites (tertiary alicyclic amines) is 1. The zero-order valence-corrected chi connectivity index (χ0v) is 17.5. The van der Waals surface area contributed by atoms with Crippen molar-refractivity contribution in [3.05, 3.63) is 54.1 Å². The topological polar surface area (TPSA) is 81.9 Å². The minimum atomic E-state index is -0.808. The number of nitrogens with two attached hydrogens (primary N) is 1. The second kappa shape index (κ2) is 10.3. The summed E-state index contributed by atoms with van der Waals surface area (Å²) >= 11 is 0. The van der Waals surface area contributed by atoms with Crippen LogP contribution in [-0.2, 0) is 20.7 Å². The highest BCUT2D eigenvalue weighted by atomic mass is 35.5. The van der Waals surface area contributed by atoms with Gasteiger partial charge in [-0.1, -0.05) is 42.5 Å². The summed E-state index contributed by atoms with van der Waals surface area (Å²) in [4.78, 5) is 25.8. The maximum atomic E-state index is 12.3. The predicted octanol–water partition coefficient (Wildman–Crippen LogP) is 2.53. The monoisotopic (exact) mass is 418 g/mol. The Bertz CT molecular complexity index is 841. The number of hydrogen-bond donors (Lipinski definition) is 1. The number of methoxy groups -OCH3 is 1. The number of carbonyl (C=O) groups is 2. The Balaban J connectivity index is 0.00000300. The largest absolute Gasteiger partial charge is 0.493 e. The quantitative estimate of drug-likeness (QED) is 0.552. The van der Waals surface area contributed by atoms with Gasteiger partial charge in [-0.05, 0) is 30.2 Å². The number of ether oxygens (including phenoxy) is 2. The van der Waals surface area contributed by atoms with Crippen molar-refractivity contribution < 1.29 is 19.1 Å². The third kappa shape index (κ3) is 5.08. The summed E-state index contributed by atoms with van der Waals surface area (Å²) in [5.74, 6) is -1.06. The summed E-state index contributed by atoms with van der Waals surface area (Å²) in [7, 11) is 2.99. The number of rotatable bonds is 7. The van der Waals surface area contributed by atoms with Crippen molar-refractivity contribution in [2.45, 2.75) is 6.42 Å². The molecule has 1 saturated heterocycles. The van der Waals surface area contributed by atoms with Crippen molar-refractivity contribution in [3.63, 3.8) is 0 Å². The molecule has 2 unspecified atom stereocenters. The molecule has 6 nitrogen and oxygen atoms in total. The first-order chi connectivity index (χ1) is 13.5. The van der Waals surface area contributed by atoms with Crippen LogP contribution in [0.3, 0.4) is 0 Å². The van der Waals surface area contributed by atoms with Crippen LogP contribution in [0, 0.1) is 11.8 Å². The molecular weight excluding hydrogens is 392 g/mol. The van der Waals surface area contributed by atoms with Crippen LogP contribution < -0.4 is 10.5 Å². The van der Waals surface area contributed by atoms with Gasteiger partial charge >= 0.3 is 5.97 Å². The van der Waals surface area contributed by atoms with E-state index in [0.717, 1.165) is 23.3 Å². The summed E-state index contributed by atoms with van der Waals surface area (Å²) in [6, 6.07) is 16.0. The molecule has 156 valence electrons. The van der Waals surface area contributed by atoms with Crippen molar-refractivity contribution in [3.8, 4) is 16.9 Å². The standard InChI is InChI=1S/C22H26N2O4.ClH/c1-24-13-17(20(21(24)25)22(26)27-2)14-28-19-6-4-3-5-18(19)16-9-7-15(8-10-16)11-12-23;/h3-10,17,20H,11-14,23H2,1-2H3;1H. The predicted molar refractivity (Wildman–Crippen MR) is 114 cm³/mol. The molecule has 1 heterocycles. The van der Waals surface area contributed by atoms with Crippen molar-refractivity contribution in [2.24, 2.45) is 17.6 Å². The van der Waals surface area contributed by atoms with E-state index in [1.165, 1.54) is 12.7 Å². The molecule has 29 heavy (non-hydrogen) atoms. The Kier molecular flexibility index (Phi) is 8.05. The summed E-state index contributed by atoms with van der Waals surface area (Å²) in [5.41, 5.74) is 8.82. The molecule has 3 rings (SSSR count). The lowest BCUT2D eigenvalue weighted by atomic mass is 9.96. The molecule has 1 fully saturated rings. The lowest BCUT2D eigenvalue weighted by Crippen LogP contribution is -2.31. The first-order valence-corrected chi connectivity index (χ1v) is 9.39. The van der Waals surface area contributed by atoms with Crippen molar-refractivity contribution in [2.75, 3.05) is 33.9 Å². The van der Waals surface area contributed by atoms with Crippen LogP contribution in [-0.4, -0.2) is 50.6 Å². The van der Waals surface area contributed by atoms with Gasteiger partial charge in [-0.25, -0.2) is 0 Å². The molecule has 7 heteroatoms. The molecule has 0 saturated carbocycles. The van der Waals surface area contributed by atoms with Crippen molar-refractivity contribution >= 4 is 24.3 Å². The number of benzene rings is 2. The average Bonchev–Trinajstić information content (AvgIpc) is 3.00. The molecule has 0 spiro atoms. The fourth-order valence-corrected chi connectivity index (χ4v) is 3.60. The van der Waals surface area contributed by atoms with Crippen molar-refractivity contribution in [1.29, 1.82) is 0 Å². The summed E-state index contributed by atoms with van der Waals surface area (Å²) in [6.07, 6.45) is 0.844. The highest BCUT2D eigenvalue weighted by molar-refractivity contribution is 5.99. The van der Waals surface area contributed by atoms with Crippen LogP contribution in [0.5, 0.6) is 5.75 Å².